The Morgan fingerprint density at radius 2 is 1.90 bits per heavy atom. The van der Waals surface area contributed by atoms with E-state index >= 15 is 0 Å². The normalized spacial score (nSPS) is 17.8. The summed E-state index contributed by atoms with van der Waals surface area (Å²) in [6.45, 7) is 5.84. The van der Waals surface area contributed by atoms with Crippen molar-refractivity contribution < 1.29 is 0 Å². The van der Waals surface area contributed by atoms with Gasteiger partial charge in [0.2, 0.25) is 0 Å². The van der Waals surface area contributed by atoms with E-state index in [1.807, 2.05) is 0 Å². The number of hydrogen-bond acceptors (Lipinski definition) is 3. The van der Waals surface area contributed by atoms with Crippen molar-refractivity contribution in [3.63, 3.8) is 0 Å². The van der Waals surface area contributed by atoms with Gasteiger partial charge in [-0.1, -0.05) is 30.3 Å². The molecule has 1 heterocycles. The third kappa shape index (κ3) is 5.61. The molecule has 0 saturated carbocycles. The number of rotatable bonds is 7. The fraction of sp³-hybridized carbons (Fsp3) is 0.647. The van der Waals surface area contributed by atoms with E-state index in [-0.39, 0.29) is 0 Å². The first-order valence-corrected chi connectivity index (χ1v) is 7.88. The second-order valence-electron chi connectivity index (χ2n) is 6.11. The van der Waals surface area contributed by atoms with Gasteiger partial charge in [0, 0.05) is 12.6 Å². The zero-order valence-electron chi connectivity index (χ0n) is 13.0. The van der Waals surface area contributed by atoms with E-state index in [4.69, 9.17) is 0 Å². The molecule has 0 spiro atoms. The molecule has 1 N–H and O–H groups in total. The third-order valence-corrected chi connectivity index (χ3v) is 4.16. The molecule has 20 heavy (non-hydrogen) atoms. The molecule has 0 atom stereocenters. The Kier molecular flexibility index (Phi) is 6.51. The van der Waals surface area contributed by atoms with E-state index in [1.165, 1.54) is 37.9 Å². The largest absolute Gasteiger partial charge is 0.314 e. The first-order valence-electron chi connectivity index (χ1n) is 7.88. The highest BCUT2D eigenvalue weighted by Crippen LogP contribution is 2.08. The predicted molar refractivity (Wildman–Crippen MR) is 85.9 cm³/mol. The molecule has 1 aromatic carbocycles. The van der Waals surface area contributed by atoms with Crippen molar-refractivity contribution in [2.24, 2.45) is 0 Å². The van der Waals surface area contributed by atoms with Gasteiger partial charge in [0.25, 0.3) is 0 Å². The number of hydrogen-bond donors (Lipinski definition) is 1. The van der Waals surface area contributed by atoms with Gasteiger partial charge in [-0.2, -0.15) is 0 Å². The molecule has 0 amide bonds. The summed E-state index contributed by atoms with van der Waals surface area (Å²) in [5.41, 5.74) is 1.40. The second-order valence-corrected chi connectivity index (χ2v) is 6.11. The van der Waals surface area contributed by atoms with Gasteiger partial charge in [-0.3, -0.25) is 0 Å². The average molecular weight is 275 g/mol. The first kappa shape index (κ1) is 15.5. The summed E-state index contributed by atoms with van der Waals surface area (Å²) < 4.78 is 0. The van der Waals surface area contributed by atoms with Crippen molar-refractivity contribution >= 4 is 0 Å². The van der Waals surface area contributed by atoms with Gasteiger partial charge in [0.05, 0.1) is 0 Å². The lowest BCUT2D eigenvalue weighted by Crippen LogP contribution is -2.41. The molecule has 1 aliphatic heterocycles. The van der Waals surface area contributed by atoms with E-state index in [1.54, 1.807) is 0 Å². The molecule has 0 bridgehead atoms. The van der Waals surface area contributed by atoms with E-state index in [2.05, 4.69) is 59.5 Å². The van der Waals surface area contributed by atoms with Crippen LogP contribution in [0.5, 0.6) is 0 Å². The van der Waals surface area contributed by atoms with E-state index in [0.29, 0.717) is 0 Å². The van der Waals surface area contributed by atoms with Crippen LogP contribution in [-0.4, -0.2) is 56.1 Å². The molecule has 1 aliphatic rings. The van der Waals surface area contributed by atoms with Crippen LogP contribution in [0.25, 0.3) is 0 Å². The first-order chi connectivity index (χ1) is 9.74. The van der Waals surface area contributed by atoms with Crippen molar-refractivity contribution in [3.8, 4) is 0 Å². The van der Waals surface area contributed by atoms with Crippen LogP contribution in [0.1, 0.15) is 24.8 Å². The van der Waals surface area contributed by atoms with Gasteiger partial charge in [0.15, 0.2) is 0 Å². The van der Waals surface area contributed by atoms with Crippen LogP contribution in [-0.2, 0) is 6.54 Å². The molecule has 1 fully saturated rings. The zero-order valence-corrected chi connectivity index (χ0v) is 13.0. The third-order valence-electron chi connectivity index (χ3n) is 4.16. The number of likely N-dealkylation sites (tertiary alicyclic amines) is 1. The Bertz CT molecular complexity index is 358. The van der Waals surface area contributed by atoms with Crippen LogP contribution >= 0.6 is 0 Å². The van der Waals surface area contributed by atoms with E-state index in [9.17, 15) is 0 Å². The van der Waals surface area contributed by atoms with Crippen LogP contribution < -0.4 is 5.32 Å². The molecule has 0 radical (unpaired) electrons. The van der Waals surface area contributed by atoms with Crippen LogP contribution in [0.3, 0.4) is 0 Å². The van der Waals surface area contributed by atoms with Crippen LogP contribution in [0.15, 0.2) is 30.3 Å². The van der Waals surface area contributed by atoms with Gasteiger partial charge in [0.1, 0.15) is 0 Å². The number of piperidine rings is 1. The Morgan fingerprint density at radius 1 is 1.20 bits per heavy atom. The van der Waals surface area contributed by atoms with Crippen molar-refractivity contribution in [2.45, 2.75) is 31.8 Å². The van der Waals surface area contributed by atoms with Gasteiger partial charge in [-0.05, 0) is 65.1 Å². The van der Waals surface area contributed by atoms with Crippen molar-refractivity contribution in [2.75, 3.05) is 40.3 Å². The second kappa shape index (κ2) is 8.40. The van der Waals surface area contributed by atoms with E-state index < -0.39 is 0 Å². The lowest BCUT2D eigenvalue weighted by atomic mass is 10.1. The van der Waals surface area contributed by atoms with Gasteiger partial charge >= 0.3 is 0 Å². The van der Waals surface area contributed by atoms with Crippen molar-refractivity contribution in [1.82, 2.24) is 15.1 Å². The summed E-state index contributed by atoms with van der Waals surface area (Å²) in [4.78, 5) is 4.83. The maximum atomic E-state index is 3.71. The molecular formula is C17H29N3. The van der Waals surface area contributed by atoms with Gasteiger partial charge < -0.3 is 15.1 Å². The molecule has 0 aliphatic carbocycles. The minimum absolute atomic E-state index is 0.741. The molecule has 112 valence electrons. The van der Waals surface area contributed by atoms with Crippen molar-refractivity contribution in [1.29, 1.82) is 0 Å². The molecule has 0 unspecified atom stereocenters. The number of nitrogens with zero attached hydrogens (tertiary/aromatic N) is 2. The summed E-state index contributed by atoms with van der Waals surface area (Å²) in [7, 11) is 4.43. The summed E-state index contributed by atoms with van der Waals surface area (Å²) >= 11 is 0. The zero-order chi connectivity index (χ0) is 14.2. The minimum atomic E-state index is 0.741. The highest BCUT2D eigenvalue weighted by molar-refractivity contribution is 5.14. The van der Waals surface area contributed by atoms with Crippen LogP contribution in [0.4, 0.5) is 0 Å². The molecule has 1 aromatic rings. The predicted octanol–water partition coefficient (Wildman–Crippen LogP) is 2.19. The number of nitrogens with one attached hydrogen (secondary N) is 1. The molecule has 0 aromatic heterocycles. The van der Waals surface area contributed by atoms with Crippen LogP contribution in [0, 0.1) is 0 Å². The molecule has 3 heteroatoms. The molecule has 2 rings (SSSR count). The smallest absolute Gasteiger partial charge is 0.0230 e. The standard InChI is InChI=1S/C17H29N3/c1-19-13-9-17(10-14-19)18-11-6-12-20(2)15-16-7-4-3-5-8-16/h3-5,7-8,17-18H,6,9-15H2,1-2H3. The lowest BCUT2D eigenvalue weighted by molar-refractivity contribution is 0.232. The summed E-state index contributed by atoms with van der Waals surface area (Å²) in [6.07, 6.45) is 3.84. The average Bonchev–Trinajstić information content (AvgIpc) is 2.46. The fourth-order valence-electron chi connectivity index (χ4n) is 2.84. The fourth-order valence-corrected chi connectivity index (χ4v) is 2.84. The lowest BCUT2D eigenvalue weighted by Gasteiger charge is -2.29. The Morgan fingerprint density at radius 3 is 2.60 bits per heavy atom. The quantitative estimate of drug-likeness (QED) is 0.770. The monoisotopic (exact) mass is 275 g/mol. The number of benzene rings is 1. The molecular weight excluding hydrogens is 246 g/mol. The van der Waals surface area contributed by atoms with Gasteiger partial charge in [-0.15, -0.1) is 0 Å². The minimum Gasteiger partial charge on any atom is -0.314 e. The highest BCUT2D eigenvalue weighted by atomic mass is 15.1. The maximum Gasteiger partial charge on any atom is 0.0230 e. The summed E-state index contributed by atoms with van der Waals surface area (Å²) in [5.74, 6) is 0. The SMILES string of the molecule is CN1CCC(NCCCN(C)Cc2ccccc2)CC1. The summed E-state index contributed by atoms with van der Waals surface area (Å²) in [6, 6.07) is 11.5. The Labute approximate surface area is 124 Å². The van der Waals surface area contributed by atoms with E-state index in [0.717, 1.165) is 25.7 Å². The van der Waals surface area contributed by atoms with Gasteiger partial charge in [-0.25, -0.2) is 0 Å². The summed E-state index contributed by atoms with van der Waals surface area (Å²) in [5, 5.41) is 3.71. The maximum absolute atomic E-state index is 3.71. The molecule has 1 saturated heterocycles. The van der Waals surface area contributed by atoms with Crippen LogP contribution in [0.2, 0.25) is 0 Å². The topological polar surface area (TPSA) is 18.5 Å². The Hall–Kier alpha value is -0.900. The highest BCUT2D eigenvalue weighted by Gasteiger charge is 2.15. The molecule has 3 nitrogen and oxygen atoms in total. The van der Waals surface area contributed by atoms with Crippen molar-refractivity contribution in [3.05, 3.63) is 35.9 Å². The Balaban J connectivity index is 1.54.